The highest BCUT2D eigenvalue weighted by Crippen LogP contribution is 2.21. The molecule has 1 fully saturated rings. The number of carbonyl (C=O) groups is 2. The van der Waals surface area contributed by atoms with Gasteiger partial charge in [0, 0.05) is 13.1 Å². The average Bonchev–Trinajstić information content (AvgIpc) is 3.23. The quantitative estimate of drug-likeness (QED) is 0.757. The van der Waals surface area contributed by atoms with Crippen LogP contribution in [0.15, 0.2) is 48.5 Å². The second kappa shape index (κ2) is 9.32. The minimum atomic E-state index is -0.370. The molecule has 2 aromatic rings. The summed E-state index contributed by atoms with van der Waals surface area (Å²) in [6.07, 6.45) is 2.05. The molecule has 2 amide bonds. The van der Waals surface area contributed by atoms with Crippen molar-refractivity contribution in [2.24, 2.45) is 0 Å². The summed E-state index contributed by atoms with van der Waals surface area (Å²) in [4.78, 5) is 27.2. The highest BCUT2D eigenvalue weighted by atomic mass is 32.1. The number of nitrogens with zero attached hydrogens (tertiary/aromatic N) is 1. The monoisotopic (exact) mass is 397 g/mol. The van der Waals surface area contributed by atoms with Gasteiger partial charge in [-0.25, -0.2) is 0 Å². The summed E-state index contributed by atoms with van der Waals surface area (Å²) in [5.41, 5.74) is 1.51. The molecular weight excluding hydrogens is 374 g/mol. The highest BCUT2D eigenvalue weighted by Gasteiger charge is 2.22. The van der Waals surface area contributed by atoms with Crippen LogP contribution in [-0.4, -0.2) is 41.5 Å². The molecule has 0 aliphatic carbocycles. The molecular formula is C21H23N3O3S. The van der Waals surface area contributed by atoms with E-state index in [4.69, 9.17) is 17.0 Å². The lowest BCUT2D eigenvalue weighted by Gasteiger charge is -2.18. The predicted octanol–water partition coefficient (Wildman–Crippen LogP) is 3.45. The molecule has 0 bridgehead atoms. The summed E-state index contributed by atoms with van der Waals surface area (Å²) in [5, 5.41) is 5.76. The van der Waals surface area contributed by atoms with E-state index in [0.717, 1.165) is 25.9 Å². The van der Waals surface area contributed by atoms with Crippen molar-refractivity contribution in [3.63, 3.8) is 0 Å². The van der Waals surface area contributed by atoms with Crippen molar-refractivity contribution < 1.29 is 14.3 Å². The number of hydrogen-bond acceptors (Lipinski definition) is 4. The van der Waals surface area contributed by atoms with Crippen LogP contribution in [0.25, 0.3) is 0 Å². The Bertz CT molecular complexity index is 879. The van der Waals surface area contributed by atoms with Crippen LogP contribution in [-0.2, 0) is 0 Å². The van der Waals surface area contributed by atoms with Crippen molar-refractivity contribution >= 4 is 34.8 Å². The van der Waals surface area contributed by atoms with Gasteiger partial charge < -0.3 is 15.0 Å². The molecule has 28 heavy (non-hydrogen) atoms. The fourth-order valence-corrected chi connectivity index (χ4v) is 3.33. The van der Waals surface area contributed by atoms with Gasteiger partial charge in [-0.05, 0) is 56.2 Å². The predicted molar refractivity (Wildman–Crippen MR) is 113 cm³/mol. The van der Waals surface area contributed by atoms with Crippen LogP contribution < -0.4 is 15.4 Å². The Hall–Kier alpha value is -2.93. The number of benzene rings is 2. The maximum atomic E-state index is 12.7. The second-order valence-corrected chi connectivity index (χ2v) is 6.79. The molecule has 0 radical (unpaired) electrons. The SMILES string of the molecule is CCOc1ccccc1C(=O)NC(=S)Nc1ccccc1C(=O)N1CCCC1. The van der Waals surface area contributed by atoms with Crippen LogP contribution >= 0.6 is 12.2 Å². The smallest absolute Gasteiger partial charge is 0.261 e. The number of para-hydroxylation sites is 2. The van der Waals surface area contributed by atoms with Crippen molar-refractivity contribution in [1.82, 2.24) is 10.2 Å². The number of nitrogens with one attached hydrogen (secondary N) is 2. The van der Waals surface area contributed by atoms with Gasteiger partial charge in [0.05, 0.1) is 23.4 Å². The third-order valence-corrected chi connectivity index (χ3v) is 4.66. The Kier molecular flexibility index (Phi) is 6.60. The minimum Gasteiger partial charge on any atom is -0.493 e. The number of hydrogen-bond donors (Lipinski definition) is 2. The maximum absolute atomic E-state index is 12.7. The van der Waals surface area contributed by atoms with E-state index in [1.165, 1.54) is 0 Å². The molecule has 3 rings (SSSR count). The van der Waals surface area contributed by atoms with Gasteiger partial charge >= 0.3 is 0 Å². The third kappa shape index (κ3) is 4.67. The molecule has 1 aliphatic rings. The molecule has 6 nitrogen and oxygen atoms in total. The van der Waals surface area contributed by atoms with E-state index in [2.05, 4.69) is 10.6 Å². The Morgan fingerprint density at radius 3 is 2.39 bits per heavy atom. The Morgan fingerprint density at radius 1 is 1.04 bits per heavy atom. The molecule has 0 aromatic heterocycles. The van der Waals surface area contributed by atoms with Crippen LogP contribution in [0.2, 0.25) is 0 Å². The first-order chi connectivity index (χ1) is 13.6. The van der Waals surface area contributed by atoms with Crippen LogP contribution in [0, 0.1) is 0 Å². The zero-order valence-corrected chi connectivity index (χ0v) is 16.6. The largest absolute Gasteiger partial charge is 0.493 e. The number of thiocarbonyl (C=S) groups is 1. The number of anilines is 1. The van der Waals surface area contributed by atoms with E-state index in [1.807, 2.05) is 24.0 Å². The Labute approximate surface area is 169 Å². The summed E-state index contributed by atoms with van der Waals surface area (Å²) in [5.74, 6) is 0.0937. The molecule has 7 heteroatoms. The van der Waals surface area contributed by atoms with Crippen LogP contribution in [0.3, 0.4) is 0 Å². The summed E-state index contributed by atoms with van der Waals surface area (Å²) < 4.78 is 5.49. The lowest BCUT2D eigenvalue weighted by atomic mass is 10.1. The Balaban J connectivity index is 1.70. The van der Waals surface area contributed by atoms with Gasteiger partial charge in [0.25, 0.3) is 11.8 Å². The van der Waals surface area contributed by atoms with E-state index < -0.39 is 0 Å². The zero-order chi connectivity index (χ0) is 19.9. The lowest BCUT2D eigenvalue weighted by Crippen LogP contribution is -2.35. The van der Waals surface area contributed by atoms with Crippen LogP contribution in [0.1, 0.15) is 40.5 Å². The number of rotatable bonds is 5. The van der Waals surface area contributed by atoms with E-state index in [1.54, 1.807) is 36.4 Å². The number of amides is 2. The highest BCUT2D eigenvalue weighted by molar-refractivity contribution is 7.80. The summed E-state index contributed by atoms with van der Waals surface area (Å²) in [7, 11) is 0. The molecule has 1 heterocycles. The van der Waals surface area contributed by atoms with Gasteiger partial charge in [-0.2, -0.15) is 0 Å². The van der Waals surface area contributed by atoms with Crippen LogP contribution in [0.5, 0.6) is 5.75 Å². The van der Waals surface area contributed by atoms with Crippen molar-refractivity contribution in [2.45, 2.75) is 19.8 Å². The molecule has 2 N–H and O–H groups in total. The first-order valence-electron chi connectivity index (χ1n) is 9.32. The van der Waals surface area contributed by atoms with Crippen molar-refractivity contribution in [3.8, 4) is 5.75 Å². The average molecular weight is 398 g/mol. The topological polar surface area (TPSA) is 70.7 Å². The van der Waals surface area contributed by atoms with Crippen molar-refractivity contribution in [1.29, 1.82) is 0 Å². The second-order valence-electron chi connectivity index (χ2n) is 6.38. The number of carbonyl (C=O) groups excluding carboxylic acids is 2. The zero-order valence-electron chi connectivity index (χ0n) is 15.7. The molecule has 0 unspecified atom stereocenters. The molecule has 0 atom stereocenters. The van der Waals surface area contributed by atoms with E-state index >= 15 is 0 Å². The van der Waals surface area contributed by atoms with Gasteiger partial charge in [-0.1, -0.05) is 24.3 Å². The first kappa shape index (κ1) is 19.8. The fraction of sp³-hybridized carbons (Fsp3) is 0.286. The lowest BCUT2D eigenvalue weighted by molar-refractivity contribution is 0.0793. The third-order valence-electron chi connectivity index (χ3n) is 4.46. The van der Waals surface area contributed by atoms with Gasteiger partial charge in [0.2, 0.25) is 0 Å². The molecule has 0 saturated carbocycles. The maximum Gasteiger partial charge on any atom is 0.261 e. The number of likely N-dealkylation sites (tertiary alicyclic amines) is 1. The summed E-state index contributed by atoms with van der Waals surface area (Å²) >= 11 is 5.29. The summed E-state index contributed by atoms with van der Waals surface area (Å²) in [6.45, 7) is 3.85. The van der Waals surface area contributed by atoms with E-state index in [9.17, 15) is 9.59 Å². The fourth-order valence-electron chi connectivity index (χ4n) is 3.13. The molecule has 146 valence electrons. The van der Waals surface area contributed by atoms with Gasteiger partial charge in [0.1, 0.15) is 5.75 Å². The van der Waals surface area contributed by atoms with Crippen LogP contribution in [0.4, 0.5) is 5.69 Å². The van der Waals surface area contributed by atoms with Gasteiger partial charge in [-0.15, -0.1) is 0 Å². The molecule has 2 aromatic carbocycles. The van der Waals surface area contributed by atoms with Gasteiger partial charge in [0.15, 0.2) is 5.11 Å². The van der Waals surface area contributed by atoms with Crippen molar-refractivity contribution in [2.75, 3.05) is 25.0 Å². The summed E-state index contributed by atoms with van der Waals surface area (Å²) in [6, 6.07) is 14.1. The molecule has 1 saturated heterocycles. The molecule has 1 aliphatic heterocycles. The normalized spacial score (nSPS) is 13.1. The van der Waals surface area contributed by atoms with Crippen molar-refractivity contribution in [3.05, 3.63) is 59.7 Å². The van der Waals surface area contributed by atoms with E-state index in [-0.39, 0.29) is 16.9 Å². The Morgan fingerprint density at radius 2 is 1.68 bits per heavy atom. The first-order valence-corrected chi connectivity index (χ1v) is 9.73. The molecule has 0 spiro atoms. The van der Waals surface area contributed by atoms with Gasteiger partial charge in [-0.3, -0.25) is 14.9 Å². The minimum absolute atomic E-state index is 0.0311. The van der Waals surface area contributed by atoms with E-state index in [0.29, 0.717) is 29.2 Å². The standard InChI is InChI=1S/C21H23N3O3S/c1-2-27-18-12-6-4-10-16(18)19(25)23-21(28)22-17-11-5-3-9-15(17)20(26)24-13-7-8-14-24/h3-6,9-12H,2,7-8,13-14H2,1H3,(H2,22,23,25,28). The number of ether oxygens (including phenoxy) is 1.